The predicted octanol–water partition coefficient (Wildman–Crippen LogP) is 2.69. The Labute approximate surface area is 111 Å². The molecule has 0 spiro atoms. The largest absolute Gasteiger partial charge is 0.466 e. The van der Waals surface area contributed by atoms with Gasteiger partial charge in [-0.2, -0.15) is 0 Å². The summed E-state index contributed by atoms with van der Waals surface area (Å²) in [4.78, 5) is 24.3. The quantitative estimate of drug-likeness (QED) is 0.361. The molecule has 19 heavy (non-hydrogen) atoms. The van der Waals surface area contributed by atoms with Crippen LogP contribution in [-0.2, 0) is 16.0 Å². The number of rotatable bonds is 5. The number of hydrogen-bond acceptors (Lipinski definition) is 5. The van der Waals surface area contributed by atoms with E-state index in [1.807, 2.05) is 0 Å². The number of aromatic nitrogens is 1. The third-order valence-corrected chi connectivity index (χ3v) is 2.34. The van der Waals surface area contributed by atoms with Crippen LogP contribution in [0.3, 0.4) is 0 Å². The topological polar surface area (TPSA) is 82.3 Å². The first-order valence-corrected chi connectivity index (χ1v) is 5.52. The molecule has 0 fully saturated rings. The van der Waals surface area contributed by atoms with E-state index in [-0.39, 0.29) is 18.7 Å². The van der Waals surface area contributed by atoms with Crippen molar-refractivity contribution in [2.24, 2.45) is 0 Å². The van der Waals surface area contributed by atoms with Crippen LogP contribution in [0.15, 0.2) is 6.07 Å². The van der Waals surface area contributed by atoms with Crippen LogP contribution in [0.2, 0.25) is 5.15 Å². The molecule has 0 atom stereocenters. The number of alkyl halides is 2. The highest BCUT2D eigenvalue weighted by Crippen LogP contribution is 2.34. The van der Waals surface area contributed by atoms with Gasteiger partial charge in [-0.15, -0.1) is 0 Å². The zero-order valence-corrected chi connectivity index (χ0v) is 10.5. The second-order valence-corrected chi connectivity index (χ2v) is 3.74. The molecule has 0 saturated carbocycles. The van der Waals surface area contributed by atoms with Gasteiger partial charge in [0.15, 0.2) is 0 Å². The Morgan fingerprint density at radius 1 is 1.63 bits per heavy atom. The molecule has 1 aromatic rings. The zero-order chi connectivity index (χ0) is 14.6. The summed E-state index contributed by atoms with van der Waals surface area (Å²) in [6.45, 7) is 1.71. The van der Waals surface area contributed by atoms with Crippen molar-refractivity contribution >= 4 is 23.3 Å². The minimum Gasteiger partial charge on any atom is -0.466 e. The van der Waals surface area contributed by atoms with Gasteiger partial charge < -0.3 is 4.74 Å². The molecule has 0 amide bonds. The summed E-state index contributed by atoms with van der Waals surface area (Å²) in [7, 11) is 0. The molecule has 0 aromatic carbocycles. The Balaban J connectivity index is 3.17. The van der Waals surface area contributed by atoms with Crippen molar-refractivity contribution < 1.29 is 23.2 Å². The van der Waals surface area contributed by atoms with E-state index in [0.717, 1.165) is 6.07 Å². The molecule has 1 heterocycles. The van der Waals surface area contributed by atoms with Gasteiger partial charge in [0.2, 0.25) is 5.15 Å². The van der Waals surface area contributed by atoms with Crippen LogP contribution in [0.25, 0.3) is 0 Å². The highest BCUT2D eigenvalue weighted by molar-refractivity contribution is 6.31. The number of hydrogen-bond donors (Lipinski definition) is 0. The number of nitro groups is 1. The summed E-state index contributed by atoms with van der Waals surface area (Å²) in [5.41, 5.74) is -1.93. The average molecular weight is 295 g/mol. The van der Waals surface area contributed by atoms with E-state index in [1.165, 1.54) is 0 Å². The number of halogens is 3. The molecule has 1 aromatic heterocycles. The van der Waals surface area contributed by atoms with E-state index < -0.39 is 33.7 Å². The highest BCUT2D eigenvalue weighted by Gasteiger charge is 2.27. The fraction of sp³-hybridized carbons (Fsp3) is 0.400. The first kappa shape index (κ1) is 15.2. The van der Waals surface area contributed by atoms with Crippen molar-refractivity contribution in [3.8, 4) is 0 Å². The summed E-state index contributed by atoms with van der Waals surface area (Å²) < 4.78 is 30.1. The van der Waals surface area contributed by atoms with E-state index in [1.54, 1.807) is 6.92 Å². The number of pyridine rings is 1. The van der Waals surface area contributed by atoms with E-state index in [0.29, 0.717) is 0 Å². The molecule has 0 bridgehead atoms. The Morgan fingerprint density at radius 3 is 2.74 bits per heavy atom. The zero-order valence-electron chi connectivity index (χ0n) is 9.73. The van der Waals surface area contributed by atoms with Crippen LogP contribution in [0, 0.1) is 10.1 Å². The molecule has 9 heteroatoms. The lowest BCUT2D eigenvalue weighted by molar-refractivity contribution is -0.386. The molecule has 0 N–H and O–H groups in total. The van der Waals surface area contributed by atoms with Crippen LogP contribution in [0.4, 0.5) is 14.5 Å². The van der Waals surface area contributed by atoms with Crippen LogP contribution < -0.4 is 0 Å². The number of carbonyl (C=O) groups excluding carboxylic acids is 1. The maximum atomic E-state index is 12.7. The van der Waals surface area contributed by atoms with E-state index in [9.17, 15) is 23.7 Å². The summed E-state index contributed by atoms with van der Waals surface area (Å²) in [6.07, 6.45) is -3.48. The maximum Gasteiger partial charge on any atom is 0.315 e. The summed E-state index contributed by atoms with van der Waals surface area (Å²) in [5, 5.41) is 9.96. The summed E-state index contributed by atoms with van der Waals surface area (Å²) in [6, 6.07) is 0.783. The summed E-state index contributed by atoms with van der Waals surface area (Å²) in [5.74, 6) is -0.680. The van der Waals surface area contributed by atoms with Crippen molar-refractivity contribution in [2.45, 2.75) is 19.8 Å². The standard InChI is InChI=1S/C10H9ClF2N2O4/c1-2-19-7(16)4-5-3-6(10(12)13)8(15(17)18)9(11)14-5/h3,10H,2,4H2,1H3. The fourth-order valence-electron chi connectivity index (χ4n) is 1.38. The number of carbonyl (C=O) groups is 1. The lowest BCUT2D eigenvalue weighted by atomic mass is 10.1. The molecule has 0 aliphatic carbocycles. The molecule has 0 unspecified atom stereocenters. The second kappa shape index (κ2) is 6.37. The van der Waals surface area contributed by atoms with Gasteiger partial charge in [-0.05, 0) is 13.0 Å². The van der Waals surface area contributed by atoms with Crippen LogP contribution in [0.1, 0.15) is 24.6 Å². The van der Waals surface area contributed by atoms with Gasteiger partial charge in [0.05, 0.1) is 23.6 Å². The smallest absolute Gasteiger partial charge is 0.315 e. The van der Waals surface area contributed by atoms with Gasteiger partial charge in [-0.3, -0.25) is 14.9 Å². The van der Waals surface area contributed by atoms with E-state index >= 15 is 0 Å². The van der Waals surface area contributed by atoms with Crippen molar-refractivity contribution in [3.05, 3.63) is 32.6 Å². The first-order chi connectivity index (χ1) is 8.86. The van der Waals surface area contributed by atoms with Gasteiger partial charge in [-0.1, -0.05) is 11.6 Å². The van der Waals surface area contributed by atoms with Crippen molar-refractivity contribution in [2.75, 3.05) is 6.61 Å². The second-order valence-electron chi connectivity index (χ2n) is 3.38. The Hall–Kier alpha value is -1.83. The van der Waals surface area contributed by atoms with E-state index in [2.05, 4.69) is 9.72 Å². The molecular weight excluding hydrogens is 286 g/mol. The molecule has 104 valence electrons. The minimum atomic E-state index is -3.10. The third kappa shape index (κ3) is 3.82. The first-order valence-electron chi connectivity index (χ1n) is 5.14. The normalized spacial score (nSPS) is 10.6. The van der Waals surface area contributed by atoms with Gasteiger partial charge in [0.1, 0.15) is 5.56 Å². The van der Waals surface area contributed by atoms with Crippen LogP contribution in [0.5, 0.6) is 0 Å². The number of ether oxygens (including phenoxy) is 1. The van der Waals surface area contributed by atoms with Crippen molar-refractivity contribution in [1.29, 1.82) is 0 Å². The fourth-order valence-corrected chi connectivity index (χ4v) is 1.66. The average Bonchev–Trinajstić information content (AvgIpc) is 2.27. The van der Waals surface area contributed by atoms with Crippen LogP contribution >= 0.6 is 11.6 Å². The Morgan fingerprint density at radius 2 is 2.26 bits per heavy atom. The van der Waals surface area contributed by atoms with Gasteiger partial charge in [-0.25, -0.2) is 13.8 Å². The van der Waals surface area contributed by atoms with Crippen molar-refractivity contribution in [1.82, 2.24) is 4.98 Å². The number of esters is 1. The maximum absolute atomic E-state index is 12.7. The number of nitrogens with zero attached hydrogens (tertiary/aromatic N) is 2. The Kier molecular flexibility index (Phi) is 5.11. The lowest BCUT2D eigenvalue weighted by Gasteiger charge is -2.06. The molecular formula is C10H9ClF2N2O4. The van der Waals surface area contributed by atoms with E-state index in [4.69, 9.17) is 11.6 Å². The highest BCUT2D eigenvalue weighted by atomic mass is 35.5. The van der Waals surface area contributed by atoms with Crippen LogP contribution in [-0.4, -0.2) is 22.5 Å². The summed E-state index contributed by atoms with van der Waals surface area (Å²) >= 11 is 5.50. The molecule has 0 radical (unpaired) electrons. The minimum absolute atomic E-state index is 0.107. The SMILES string of the molecule is CCOC(=O)Cc1cc(C(F)F)c([N+](=O)[O-])c(Cl)n1. The van der Waals surface area contributed by atoms with Gasteiger partial charge >= 0.3 is 11.7 Å². The third-order valence-electron chi connectivity index (χ3n) is 2.08. The molecule has 0 aliphatic rings. The van der Waals surface area contributed by atoms with Crippen molar-refractivity contribution in [3.63, 3.8) is 0 Å². The Bertz CT molecular complexity index is 511. The molecule has 1 rings (SSSR count). The predicted molar refractivity (Wildman–Crippen MR) is 61.2 cm³/mol. The molecule has 0 aliphatic heterocycles. The van der Waals surface area contributed by atoms with Gasteiger partial charge in [0, 0.05) is 0 Å². The van der Waals surface area contributed by atoms with Gasteiger partial charge in [0.25, 0.3) is 6.43 Å². The lowest BCUT2D eigenvalue weighted by Crippen LogP contribution is -2.10. The molecule has 0 saturated heterocycles. The molecule has 6 nitrogen and oxygen atoms in total. The monoisotopic (exact) mass is 294 g/mol.